The second-order valence-corrected chi connectivity index (χ2v) is 8.33. The van der Waals surface area contributed by atoms with Crippen molar-refractivity contribution < 1.29 is 14.0 Å². The third-order valence-electron chi connectivity index (χ3n) is 6.46. The molecule has 2 aliphatic heterocycles. The molecule has 0 saturated carbocycles. The molecule has 4 heterocycles. The molecular formula is C23H23FN4O2. The zero-order valence-corrected chi connectivity index (χ0v) is 17.0. The standard InChI is InChI=1S/C23H23FN4O2/c1-14-5-3-8-21-25-20(13-27(14)21)23(30)26-10-17-11-28(15(2)29)22(19(17)12-26)16-6-4-7-18(24)9-16/h3-9,13,17,19,22H,10-12H2,1-2H3/t17-,19-,22-/m1/s1. The lowest BCUT2D eigenvalue weighted by molar-refractivity contribution is -0.130. The van der Waals surface area contributed by atoms with Crippen molar-refractivity contribution in [3.8, 4) is 0 Å². The van der Waals surface area contributed by atoms with Crippen molar-refractivity contribution in [3.05, 3.63) is 71.4 Å². The summed E-state index contributed by atoms with van der Waals surface area (Å²) in [5.74, 6) is -0.180. The fourth-order valence-corrected chi connectivity index (χ4v) is 5.07. The molecule has 6 nitrogen and oxygen atoms in total. The minimum Gasteiger partial charge on any atom is -0.337 e. The normalized spacial score (nSPS) is 23.2. The Hall–Kier alpha value is -3.22. The first-order valence-corrected chi connectivity index (χ1v) is 10.2. The number of halogens is 1. The summed E-state index contributed by atoms with van der Waals surface area (Å²) in [5, 5.41) is 0. The number of imidazole rings is 1. The van der Waals surface area contributed by atoms with Crippen molar-refractivity contribution in [3.63, 3.8) is 0 Å². The number of nitrogens with zero attached hydrogens (tertiary/aromatic N) is 4. The molecule has 0 unspecified atom stereocenters. The highest BCUT2D eigenvalue weighted by Gasteiger charge is 2.49. The number of likely N-dealkylation sites (tertiary alicyclic amines) is 2. The summed E-state index contributed by atoms with van der Waals surface area (Å²) < 4.78 is 15.8. The van der Waals surface area contributed by atoms with Gasteiger partial charge in [-0.2, -0.15) is 0 Å². The van der Waals surface area contributed by atoms with Gasteiger partial charge in [-0.05, 0) is 36.8 Å². The SMILES string of the molecule is CC(=O)N1C[C@H]2CN(C(=O)c3cn4c(C)cccc4n3)C[C@H]2[C@H]1c1cccc(F)c1. The lowest BCUT2D eigenvalue weighted by Crippen LogP contribution is -2.36. The topological polar surface area (TPSA) is 57.9 Å². The maximum atomic E-state index is 13.9. The van der Waals surface area contributed by atoms with E-state index >= 15 is 0 Å². The summed E-state index contributed by atoms with van der Waals surface area (Å²) >= 11 is 0. The van der Waals surface area contributed by atoms with Crippen molar-refractivity contribution in [2.24, 2.45) is 11.8 Å². The molecule has 0 N–H and O–H groups in total. The maximum Gasteiger partial charge on any atom is 0.274 e. The van der Waals surface area contributed by atoms with Gasteiger partial charge >= 0.3 is 0 Å². The highest BCUT2D eigenvalue weighted by Crippen LogP contribution is 2.45. The van der Waals surface area contributed by atoms with Crippen LogP contribution in [0.2, 0.25) is 0 Å². The number of aromatic nitrogens is 2. The number of rotatable bonds is 2. The molecule has 2 aromatic heterocycles. The number of carbonyl (C=O) groups is 2. The van der Waals surface area contributed by atoms with Crippen LogP contribution < -0.4 is 0 Å². The number of benzene rings is 1. The van der Waals surface area contributed by atoms with Gasteiger partial charge in [-0.15, -0.1) is 0 Å². The summed E-state index contributed by atoms with van der Waals surface area (Å²) in [6.45, 7) is 5.21. The van der Waals surface area contributed by atoms with E-state index in [0.717, 1.165) is 16.9 Å². The zero-order valence-electron chi connectivity index (χ0n) is 17.0. The molecule has 154 valence electrons. The number of aryl methyl sites for hydroxylation is 1. The molecule has 2 saturated heterocycles. The van der Waals surface area contributed by atoms with Crippen molar-refractivity contribution in [1.29, 1.82) is 0 Å². The Kier molecular flexibility index (Phi) is 4.34. The van der Waals surface area contributed by atoms with Gasteiger partial charge in [0.05, 0.1) is 6.04 Å². The minimum absolute atomic E-state index is 0.0210. The molecule has 0 aliphatic carbocycles. The summed E-state index contributed by atoms with van der Waals surface area (Å²) in [6.07, 6.45) is 1.78. The van der Waals surface area contributed by atoms with E-state index < -0.39 is 0 Å². The molecule has 3 aromatic rings. The Morgan fingerprint density at radius 1 is 1.10 bits per heavy atom. The zero-order chi connectivity index (χ0) is 21.0. The monoisotopic (exact) mass is 406 g/mol. The van der Waals surface area contributed by atoms with Crippen LogP contribution in [0.5, 0.6) is 0 Å². The fraction of sp³-hybridized carbons (Fsp3) is 0.348. The van der Waals surface area contributed by atoms with E-state index in [2.05, 4.69) is 4.98 Å². The molecule has 5 rings (SSSR count). The van der Waals surface area contributed by atoms with Crippen molar-refractivity contribution in [2.45, 2.75) is 19.9 Å². The Bertz CT molecular complexity index is 1160. The van der Waals surface area contributed by atoms with Crippen LogP contribution in [0.4, 0.5) is 4.39 Å². The summed E-state index contributed by atoms with van der Waals surface area (Å²) in [5.41, 5.74) is 2.98. The van der Waals surface area contributed by atoms with Gasteiger partial charge in [-0.3, -0.25) is 9.59 Å². The van der Waals surface area contributed by atoms with E-state index in [-0.39, 0.29) is 35.5 Å². The van der Waals surface area contributed by atoms with Crippen molar-refractivity contribution >= 4 is 17.5 Å². The van der Waals surface area contributed by atoms with Gasteiger partial charge in [-0.1, -0.05) is 18.2 Å². The first-order chi connectivity index (χ1) is 14.4. The van der Waals surface area contributed by atoms with Crippen LogP contribution in [-0.4, -0.2) is 50.6 Å². The molecule has 0 spiro atoms. The second-order valence-electron chi connectivity index (χ2n) is 8.33. The highest BCUT2D eigenvalue weighted by atomic mass is 19.1. The van der Waals surface area contributed by atoms with Gasteiger partial charge in [0.25, 0.3) is 5.91 Å². The van der Waals surface area contributed by atoms with Crippen LogP contribution in [-0.2, 0) is 4.79 Å². The van der Waals surface area contributed by atoms with Gasteiger partial charge in [0.15, 0.2) is 0 Å². The molecule has 2 aliphatic rings. The van der Waals surface area contributed by atoms with Crippen LogP contribution >= 0.6 is 0 Å². The summed E-state index contributed by atoms with van der Waals surface area (Å²) in [7, 11) is 0. The number of pyridine rings is 1. The molecule has 2 amide bonds. The number of hydrogen-bond donors (Lipinski definition) is 0. The molecule has 30 heavy (non-hydrogen) atoms. The smallest absolute Gasteiger partial charge is 0.274 e. The molecule has 7 heteroatoms. The van der Waals surface area contributed by atoms with Crippen molar-refractivity contribution in [1.82, 2.24) is 19.2 Å². The van der Waals surface area contributed by atoms with Gasteiger partial charge in [0.1, 0.15) is 17.2 Å². The molecule has 0 radical (unpaired) electrons. The van der Waals surface area contributed by atoms with Gasteiger partial charge in [0, 0.05) is 50.3 Å². The quantitative estimate of drug-likeness (QED) is 0.657. The Balaban J connectivity index is 1.43. The average Bonchev–Trinajstić information content (AvgIpc) is 3.40. The van der Waals surface area contributed by atoms with Crippen molar-refractivity contribution in [2.75, 3.05) is 19.6 Å². The fourth-order valence-electron chi connectivity index (χ4n) is 5.07. The van der Waals surface area contributed by atoms with Crippen LogP contribution in [0.3, 0.4) is 0 Å². The van der Waals surface area contributed by atoms with Gasteiger partial charge < -0.3 is 14.2 Å². The molecule has 2 fully saturated rings. The first-order valence-electron chi connectivity index (χ1n) is 10.2. The van der Waals surface area contributed by atoms with Gasteiger partial charge in [0.2, 0.25) is 5.91 Å². The molecular weight excluding hydrogens is 383 g/mol. The van der Waals surface area contributed by atoms with E-state index in [1.807, 2.05) is 45.4 Å². The van der Waals surface area contributed by atoms with E-state index in [9.17, 15) is 14.0 Å². The van der Waals surface area contributed by atoms with Crippen LogP contribution in [0.25, 0.3) is 5.65 Å². The lowest BCUT2D eigenvalue weighted by Gasteiger charge is -2.29. The predicted octanol–water partition coefficient (Wildman–Crippen LogP) is 3.07. The largest absolute Gasteiger partial charge is 0.337 e. The molecule has 1 aromatic carbocycles. The third-order valence-corrected chi connectivity index (χ3v) is 6.46. The maximum absolute atomic E-state index is 13.9. The van der Waals surface area contributed by atoms with E-state index in [4.69, 9.17) is 0 Å². The molecule has 3 atom stereocenters. The number of carbonyl (C=O) groups excluding carboxylic acids is 2. The Labute approximate surface area is 173 Å². The summed E-state index contributed by atoms with van der Waals surface area (Å²) in [4.78, 5) is 33.6. The number of hydrogen-bond acceptors (Lipinski definition) is 3. The summed E-state index contributed by atoms with van der Waals surface area (Å²) in [6, 6.07) is 12.0. The first kappa shape index (κ1) is 18.8. The van der Waals surface area contributed by atoms with Crippen LogP contribution in [0.15, 0.2) is 48.7 Å². The number of amides is 2. The van der Waals surface area contributed by atoms with Gasteiger partial charge in [-0.25, -0.2) is 9.37 Å². The third kappa shape index (κ3) is 2.96. The second kappa shape index (κ2) is 6.93. The van der Waals surface area contributed by atoms with Crippen LogP contribution in [0.1, 0.15) is 34.7 Å². The van der Waals surface area contributed by atoms with Crippen LogP contribution in [0, 0.1) is 24.6 Å². The number of fused-ring (bicyclic) bond motifs is 2. The Morgan fingerprint density at radius 2 is 1.90 bits per heavy atom. The molecule has 0 bridgehead atoms. The van der Waals surface area contributed by atoms with E-state index in [1.54, 1.807) is 19.2 Å². The predicted molar refractivity (Wildman–Crippen MR) is 109 cm³/mol. The Morgan fingerprint density at radius 3 is 2.63 bits per heavy atom. The lowest BCUT2D eigenvalue weighted by atomic mass is 9.89. The minimum atomic E-state index is -0.314. The van der Waals surface area contributed by atoms with E-state index in [0.29, 0.717) is 25.3 Å². The highest BCUT2D eigenvalue weighted by molar-refractivity contribution is 5.93. The average molecular weight is 406 g/mol. The van der Waals surface area contributed by atoms with E-state index in [1.165, 1.54) is 12.1 Å².